The molecule has 0 aliphatic rings. The van der Waals surface area contributed by atoms with Crippen molar-refractivity contribution in [1.82, 2.24) is 9.55 Å². The smallest absolute Gasteiger partial charge is 0.131 e. The van der Waals surface area contributed by atoms with E-state index in [4.69, 9.17) is 4.74 Å². The highest BCUT2D eigenvalue weighted by Gasteiger charge is 2.09. The van der Waals surface area contributed by atoms with Crippen molar-refractivity contribution >= 4 is 11.0 Å². The Morgan fingerprint density at radius 2 is 1.90 bits per heavy atom. The molecule has 0 N–H and O–H groups in total. The van der Waals surface area contributed by atoms with E-state index < -0.39 is 0 Å². The van der Waals surface area contributed by atoms with Gasteiger partial charge in [-0.3, -0.25) is 0 Å². The van der Waals surface area contributed by atoms with Gasteiger partial charge in [0.15, 0.2) is 0 Å². The molecule has 0 amide bonds. The molecule has 108 valence electrons. The molecular weight excluding hydrogens is 267 g/mol. The summed E-state index contributed by atoms with van der Waals surface area (Å²) in [5.74, 6) is 0.262. The van der Waals surface area contributed by atoms with Gasteiger partial charge in [0.05, 0.1) is 31.0 Å². The van der Waals surface area contributed by atoms with Crippen molar-refractivity contribution in [2.24, 2.45) is 0 Å². The summed E-state index contributed by atoms with van der Waals surface area (Å²) in [7, 11) is 1.53. The van der Waals surface area contributed by atoms with Gasteiger partial charge >= 0.3 is 0 Å². The lowest BCUT2D eigenvalue weighted by Gasteiger charge is -2.08. The van der Waals surface area contributed by atoms with Crippen LogP contribution in [0.25, 0.3) is 11.0 Å². The highest BCUT2D eigenvalue weighted by atomic mass is 19.1. The lowest BCUT2D eigenvalue weighted by molar-refractivity contribution is 0.410. The second-order valence-corrected chi connectivity index (χ2v) is 5.25. The largest absolute Gasteiger partial charge is 0.497 e. The monoisotopic (exact) mass is 284 g/mol. The summed E-state index contributed by atoms with van der Waals surface area (Å²) < 4.78 is 21.0. The predicted molar refractivity (Wildman–Crippen MR) is 81.3 cm³/mol. The van der Waals surface area contributed by atoms with Crippen LogP contribution < -0.4 is 4.74 Å². The minimum absolute atomic E-state index is 0.264. The third-order valence-corrected chi connectivity index (χ3v) is 3.84. The van der Waals surface area contributed by atoms with Gasteiger partial charge in [0, 0.05) is 11.6 Å². The first-order valence-corrected chi connectivity index (χ1v) is 6.83. The molecule has 1 heterocycles. The van der Waals surface area contributed by atoms with E-state index in [9.17, 15) is 4.39 Å². The maximum Gasteiger partial charge on any atom is 0.131 e. The van der Waals surface area contributed by atoms with Crippen LogP contribution in [-0.2, 0) is 6.54 Å². The topological polar surface area (TPSA) is 27.1 Å². The van der Waals surface area contributed by atoms with E-state index in [1.54, 1.807) is 18.5 Å². The summed E-state index contributed by atoms with van der Waals surface area (Å²) >= 11 is 0. The quantitative estimate of drug-likeness (QED) is 0.730. The molecular formula is C17H17FN2O. The molecule has 0 radical (unpaired) electrons. The lowest BCUT2D eigenvalue weighted by atomic mass is 10.1. The van der Waals surface area contributed by atoms with Gasteiger partial charge in [0.2, 0.25) is 0 Å². The number of imidazole rings is 1. The molecule has 3 nitrogen and oxygen atoms in total. The average Bonchev–Trinajstić information content (AvgIpc) is 2.84. The molecule has 0 unspecified atom stereocenters. The van der Waals surface area contributed by atoms with Gasteiger partial charge in [-0.2, -0.15) is 0 Å². The summed E-state index contributed by atoms with van der Waals surface area (Å²) in [6.07, 6.45) is 1.76. The highest BCUT2D eigenvalue weighted by Crippen LogP contribution is 2.21. The van der Waals surface area contributed by atoms with Crippen LogP contribution in [0.4, 0.5) is 4.39 Å². The fourth-order valence-corrected chi connectivity index (χ4v) is 2.41. The zero-order chi connectivity index (χ0) is 15.0. The van der Waals surface area contributed by atoms with Crippen molar-refractivity contribution in [3.05, 3.63) is 59.2 Å². The Morgan fingerprint density at radius 3 is 2.62 bits per heavy atom. The highest BCUT2D eigenvalue weighted by molar-refractivity contribution is 5.77. The zero-order valence-corrected chi connectivity index (χ0v) is 12.4. The normalized spacial score (nSPS) is 11.0. The number of rotatable bonds is 3. The number of ether oxygens (including phenoxy) is 1. The van der Waals surface area contributed by atoms with E-state index in [1.165, 1.54) is 24.3 Å². The molecule has 0 atom stereocenters. The zero-order valence-electron chi connectivity index (χ0n) is 12.4. The van der Waals surface area contributed by atoms with Crippen LogP contribution in [0, 0.1) is 19.7 Å². The molecule has 0 spiro atoms. The van der Waals surface area contributed by atoms with Gasteiger partial charge in [0.1, 0.15) is 11.6 Å². The van der Waals surface area contributed by atoms with Crippen molar-refractivity contribution in [3.8, 4) is 5.75 Å². The number of methoxy groups -OCH3 is 1. The van der Waals surface area contributed by atoms with Crippen LogP contribution in [-0.4, -0.2) is 16.7 Å². The molecule has 1 aromatic heterocycles. The molecule has 0 bridgehead atoms. The standard InChI is InChI=1S/C17H17FN2O/c1-11-6-16-17(7-12(11)2)20(10-19-16)9-13-4-5-14(21-3)8-15(13)18/h4-8,10H,9H2,1-3H3. The first-order valence-electron chi connectivity index (χ1n) is 6.83. The second kappa shape index (κ2) is 5.20. The number of nitrogens with zero attached hydrogens (tertiary/aromatic N) is 2. The van der Waals surface area contributed by atoms with Gasteiger partial charge in [-0.05, 0) is 43.2 Å². The number of halogens is 1. The average molecular weight is 284 g/mol. The molecule has 21 heavy (non-hydrogen) atoms. The molecule has 3 rings (SSSR count). The van der Waals surface area contributed by atoms with Gasteiger partial charge < -0.3 is 9.30 Å². The van der Waals surface area contributed by atoms with Crippen LogP contribution in [0.5, 0.6) is 5.75 Å². The van der Waals surface area contributed by atoms with Crippen molar-refractivity contribution in [2.75, 3.05) is 7.11 Å². The van der Waals surface area contributed by atoms with Crippen molar-refractivity contribution in [2.45, 2.75) is 20.4 Å². The van der Waals surface area contributed by atoms with Crippen LogP contribution in [0.1, 0.15) is 16.7 Å². The van der Waals surface area contributed by atoms with Crippen LogP contribution in [0.15, 0.2) is 36.7 Å². The van der Waals surface area contributed by atoms with Gasteiger partial charge in [0.25, 0.3) is 0 Å². The third-order valence-electron chi connectivity index (χ3n) is 3.84. The number of aryl methyl sites for hydroxylation is 2. The van der Waals surface area contributed by atoms with Gasteiger partial charge in [-0.25, -0.2) is 9.37 Å². The summed E-state index contributed by atoms with van der Waals surface area (Å²) in [6, 6.07) is 9.09. The summed E-state index contributed by atoms with van der Waals surface area (Å²) in [4.78, 5) is 4.40. The first kappa shape index (κ1) is 13.6. The van der Waals surface area contributed by atoms with E-state index in [0.29, 0.717) is 17.9 Å². The first-order chi connectivity index (χ1) is 10.1. The summed E-state index contributed by atoms with van der Waals surface area (Å²) in [5, 5.41) is 0. The third kappa shape index (κ3) is 2.49. The van der Waals surface area contributed by atoms with Crippen LogP contribution in [0.2, 0.25) is 0 Å². The van der Waals surface area contributed by atoms with E-state index in [1.807, 2.05) is 4.57 Å². The van der Waals surface area contributed by atoms with Crippen molar-refractivity contribution < 1.29 is 9.13 Å². The number of fused-ring (bicyclic) bond motifs is 1. The Labute approximate surface area is 123 Å². The van der Waals surface area contributed by atoms with Crippen molar-refractivity contribution in [3.63, 3.8) is 0 Å². The molecule has 0 aliphatic carbocycles. The fraction of sp³-hybridized carbons (Fsp3) is 0.235. The molecule has 4 heteroatoms. The lowest BCUT2D eigenvalue weighted by Crippen LogP contribution is -2.01. The number of hydrogen-bond donors (Lipinski definition) is 0. The molecule has 0 saturated heterocycles. The van der Waals surface area contributed by atoms with E-state index in [0.717, 1.165) is 11.0 Å². The number of benzene rings is 2. The Hall–Kier alpha value is -2.36. The molecule has 0 aliphatic heterocycles. The predicted octanol–water partition coefficient (Wildman–Crippen LogP) is 3.85. The van der Waals surface area contributed by atoms with Gasteiger partial charge in [-0.15, -0.1) is 0 Å². The summed E-state index contributed by atoms with van der Waals surface area (Å²) in [6.45, 7) is 4.59. The van der Waals surface area contributed by atoms with Crippen LogP contribution >= 0.6 is 0 Å². The number of hydrogen-bond acceptors (Lipinski definition) is 2. The Kier molecular flexibility index (Phi) is 3.37. The molecule has 0 saturated carbocycles. The van der Waals surface area contributed by atoms with E-state index in [-0.39, 0.29) is 5.82 Å². The van der Waals surface area contributed by atoms with E-state index in [2.05, 4.69) is 31.0 Å². The minimum Gasteiger partial charge on any atom is -0.497 e. The van der Waals surface area contributed by atoms with Crippen LogP contribution in [0.3, 0.4) is 0 Å². The Morgan fingerprint density at radius 1 is 1.14 bits per heavy atom. The molecule has 0 fully saturated rings. The maximum atomic E-state index is 14.1. The minimum atomic E-state index is -0.264. The van der Waals surface area contributed by atoms with Crippen molar-refractivity contribution in [1.29, 1.82) is 0 Å². The molecule has 3 aromatic rings. The SMILES string of the molecule is COc1ccc(Cn2cnc3cc(C)c(C)cc32)c(F)c1. The Balaban J connectivity index is 2.00. The maximum absolute atomic E-state index is 14.1. The van der Waals surface area contributed by atoms with E-state index >= 15 is 0 Å². The fourth-order valence-electron chi connectivity index (χ4n) is 2.41. The summed E-state index contributed by atoms with van der Waals surface area (Å²) in [5.41, 5.74) is 5.00. The Bertz CT molecular complexity index is 808. The van der Waals surface area contributed by atoms with Gasteiger partial charge in [-0.1, -0.05) is 6.07 Å². The number of aromatic nitrogens is 2. The molecule has 2 aromatic carbocycles. The second-order valence-electron chi connectivity index (χ2n) is 5.25.